The number of fused-ring (bicyclic) bond motifs is 1. The van der Waals surface area contributed by atoms with Crippen molar-refractivity contribution in [1.29, 1.82) is 0 Å². The van der Waals surface area contributed by atoms with Crippen molar-refractivity contribution in [1.82, 2.24) is 19.7 Å². The summed E-state index contributed by atoms with van der Waals surface area (Å²) in [7, 11) is 0. The number of benzene rings is 2. The van der Waals surface area contributed by atoms with Crippen molar-refractivity contribution in [2.45, 2.75) is 50.2 Å². The van der Waals surface area contributed by atoms with Gasteiger partial charge in [0.1, 0.15) is 5.82 Å². The van der Waals surface area contributed by atoms with Crippen LogP contribution in [0, 0.1) is 17.5 Å². The second kappa shape index (κ2) is 11.6. The number of hydrogen-bond donors (Lipinski definition) is 1. The summed E-state index contributed by atoms with van der Waals surface area (Å²) in [5.74, 6) is -6.32. The summed E-state index contributed by atoms with van der Waals surface area (Å²) < 4.78 is 123. The highest BCUT2D eigenvalue weighted by Crippen LogP contribution is 2.38. The number of alkyl halides is 6. The zero-order chi connectivity index (χ0) is 28.7. The van der Waals surface area contributed by atoms with Crippen molar-refractivity contribution < 1.29 is 44.3 Å². The number of halogens is 10. The summed E-state index contributed by atoms with van der Waals surface area (Å²) in [6.07, 6.45) is -11.1. The molecule has 6 nitrogen and oxygen atoms in total. The minimum absolute atomic E-state index is 0. The van der Waals surface area contributed by atoms with Gasteiger partial charge >= 0.3 is 12.4 Å². The molecule has 16 heteroatoms. The zero-order valence-corrected chi connectivity index (χ0v) is 21.1. The van der Waals surface area contributed by atoms with Crippen LogP contribution in [0.25, 0.3) is 0 Å². The molecule has 2 heterocycles. The maximum atomic E-state index is 14.0. The third-order valence-corrected chi connectivity index (χ3v) is 6.34. The Bertz CT molecular complexity index is 1380. The minimum Gasteiger partial charge on any atom is -0.330 e. The Morgan fingerprint density at radius 1 is 0.925 bits per heavy atom. The average molecular weight is 602 g/mol. The standard InChI is InChI=1S/C24H20F9N5O.ClH/c25-16-11-18(27)17(26)8-13(16)7-14(34)10-20(39)37-5-6-38-21(35-36-22(38)24(31,32)33)19(37)9-12-3-1-2-4-15(12)23(28,29)30;/h1-4,8,11,14,19H,5-7,9-10,34H2;1H/t14-,19-;/m1./s1. The van der Waals surface area contributed by atoms with Crippen LogP contribution in [0.2, 0.25) is 0 Å². The maximum absolute atomic E-state index is 14.0. The van der Waals surface area contributed by atoms with Crippen molar-refractivity contribution in [3.63, 3.8) is 0 Å². The number of carbonyl (C=O) groups is 1. The van der Waals surface area contributed by atoms with E-state index in [-0.39, 0.29) is 35.9 Å². The van der Waals surface area contributed by atoms with Crippen molar-refractivity contribution in [2.24, 2.45) is 5.73 Å². The molecule has 1 amide bonds. The van der Waals surface area contributed by atoms with Gasteiger partial charge in [0.05, 0.1) is 11.6 Å². The Labute approximate surface area is 227 Å². The number of nitrogens with zero attached hydrogens (tertiary/aromatic N) is 4. The Balaban J connectivity index is 0.00000441. The van der Waals surface area contributed by atoms with Gasteiger partial charge in [0.25, 0.3) is 0 Å². The van der Waals surface area contributed by atoms with E-state index in [0.29, 0.717) is 16.7 Å². The van der Waals surface area contributed by atoms with E-state index in [1.165, 1.54) is 6.07 Å². The summed E-state index contributed by atoms with van der Waals surface area (Å²) >= 11 is 0. The van der Waals surface area contributed by atoms with Gasteiger partial charge < -0.3 is 15.2 Å². The number of amides is 1. The maximum Gasteiger partial charge on any atom is 0.451 e. The SMILES string of the molecule is Cl.N[C@@H](CC(=O)N1CCn2c(nnc2C(F)(F)F)[C@H]1Cc1ccccc1C(F)(F)F)Cc1cc(F)c(F)cc1F. The molecule has 1 aliphatic rings. The van der Waals surface area contributed by atoms with Gasteiger partial charge in [-0.2, -0.15) is 26.3 Å². The summed E-state index contributed by atoms with van der Waals surface area (Å²) in [5.41, 5.74) is 4.32. The lowest BCUT2D eigenvalue weighted by Crippen LogP contribution is -2.46. The minimum atomic E-state index is -4.90. The molecule has 0 unspecified atom stereocenters. The largest absolute Gasteiger partial charge is 0.451 e. The lowest BCUT2D eigenvalue weighted by Gasteiger charge is -2.37. The molecule has 2 aromatic carbocycles. The molecule has 40 heavy (non-hydrogen) atoms. The molecule has 1 aliphatic heterocycles. The molecule has 0 spiro atoms. The average Bonchev–Trinajstić information content (AvgIpc) is 3.27. The van der Waals surface area contributed by atoms with E-state index in [1.807, 2.05) is 0 Å². The van der Waals surface area contributed by atoms with Gasteiger partial charge in [-0.3, -0.25) is 4.79 Å². The Kier molecular flexibility index (Phi) is 9.09. The molecule has 0 radical (unpaired) electrons. The molecule has 4 rings (SSSR count). The normalized spacial score (nSPS) is 16.4. The lowest BCUT2D eigenvalue weighted by molar-refractivity contribution is -0.148. The summed E-state index contributed by atoms with van der Waals surface area (Å²) in [6.45, 7) is -0.731. The third kappa shape index (κ3) is 6.52. The molecule has 1 aromatic heterocycles. The molecular weight excluding hydrogens is 581 g/mol. The molecule has 0 saturated heterocycles. The van der Waals surface area contributed by atoms with Crippen LogP contribution in [0.4, 0.5) is 39.5 Å². The smallest absolute Gasteiger partial charge is 0.330 e. The monoisotopic (exact) mass is 601 g/mol. The van der Waals surface area contributed by atoms with E-state index in [2.05, 4.69) is 10.2 Å². The molecular formula is C24H21ClF9N5O. The first kappa shape index (κ1) is 31.2. The van der Waals surface area contributed by atoms with Gasteiger partial charge in [-0.05, 0) is 29.7 Å². The highest BCUT2D eigenvalue weighted by molar-refractivity contribution is 5.85. The first-order chi connectivity index (χ1) is 18.2. The van der Waals surface area contributed by atoms with Crippen molar-refractivity contribution in [3.8, 4) is 0 Å². The summed E-state index contributed by atoms with van der Waals surface area (Å²) in [5, 5.41) is 6.72. The first-order valence-corrected chi connectivity index (χ1v) is 11.5. The molecule has 0 saturated carbocycles. The second-order valence-corrected chi connectivity index (χ2v) is 9.02. The fourth-order valence-corrected chi connectivity index (χ4v) is 4.59. The third-order valence-electron chi connectivity index (χ3n) is 6.34. The Morgan fingerprint density at radius 2 is 1.57 bits per heavy atom. The number of hydrogen-bond acceptors (Lipinski definition) is 4. The summed E-state index contributed by atoms with van der Waals surface area (Å²) in [4.78, 5) is 14.3. The number of rotatable bonds is 6. The van der Waals surface area contributed by atoms with E-state index in [0.717, 1.165) is 23.1 Å². The van der Waals surface area contributed by atoms with E-state index in [4.69, 9.17) is 5.73 Å². The fourth-order valence-electron chi connectivity index (χ4n) is 4.59. The lowest BCUT2D eigenvalue weighted by atomic mass is 9.96. The second-order valence-electron chi connectivity index (χ2n) is 9.02. The molecule has 218 valence electrons. The van der Waals surface area contributed by atoms with E-state index in [1.54, 1.807) is 0 Å². The number of aromatic nitrogens is 3. The van der Waals surface area contributed by atoms with Crippen LogP contribution in [-0.4, -0.2) is 38.2 Å². The molecule has 0 fully saturated rings. The fraction of sp³-hybridized carbons (Fsp3) is 0.375. The topological polar surface area (TPSA) is 77.0 Å². The number of nitrogens with two attached hydrogens (primary N) is 1. The van der Waals surface area contributed by atoms with Crippen LogP contribution in [0.3, 0.4) is 0 Å². The molecule has 0 aliphatic carbocycles. The van der Waals surface area contributed by atoms with Crippen LogP contribution in [0.1, 0.15) is 40.8 Å². The molecule has 0 bridgehead atoms. The van der Waals surface area contributed by atoms with Gasteiger partial charge in [-0.25, -0.2) is 13.2 Å². The Morgan fingerprint density at radius 3 is 2.23 bits per heavy atom. The Hall–Kier alpha value is -3.33. The zero-order valence-electron chi connectivity index (χ0n) is 20.2. The van der Waals surface area contributed by atoms with Crippen molar-refractivity contribution in [2.75, 3.05) is 6.54 Å². The van der Waals surface area contributed by atoms with Crippen LogP contribution in [0.15, 0.2) is 36.4 Å². The van der Waals surface area contributed by atoms with Crippen LogP contribution in [0.5, 0.6) is 0 Å². The predicted molar refractivity (Wildman–Crippen MR) is 124 cm³/mol. The highest BCUT2D eigenvalue weighted by Gasteiger charge is 2.43. The van der Waals surface area contributed by atoms with Gasteiger partial charge in [0.2, 0.25) is 11.7 Å². The van der Waals surface area contributed by atoms with Crippen LogP contribution < -0.4 is 5.73 Å². The molecule has 3 aromatic rings. The van der Waals surface area contributed by atoms with Crippen LogP contribution in [-0.2, 0) is 36.5 Å². The molecule has 2 N–H and O–H groups in total. The van der Waals surface area contributed by atoms with Crippen molar-refractivity contribution in [3.05, 3.63) is 82.2 Å². The predicted octanol–water partition coefficient (Wildman–Crippen LogP) is 5.24. The van der Waals surface area contributed by atoms with Gasteiger partial charge in [0, 0.05) is 38.0 Å². The highest BCUT2D eigenvalue weighted by atomic mass is 35.5. The van der Waals surface area contributed by atoms with Gasteiger partial charge in [-0.1, -0.05) is 18.2 Å². The number of carbonyl (C=O) groups excluding carboxylic acids is 1. The van der Waals surface area contributed by atoms with Crippen LogP contribution >= 0.6 is 12.4 Å². The van der Waals surface area contributed by atoms with Gasteiger partial charge in [-0.15, -0.1) is 22.6 Å². The van der Waals surface area contributed by atoms with E-state index >= 15 is 0 Å². The van der Waals surface area contributed by atoms with E-state index < -0.39 is 85.0 Å². The van der Waals surface area contributed by atoms with Crippen molar-refractivity contribution >= 4 is 18.3 Å². The van der Waals surface area contributed by atoms with E-state index in [9.17, 15) is 44.3 Å². The quantitative estimate of drug-likeness (QED) is 0.310. The van der Waals surface area contributed by atoms with Gasteiger partial charge in [0.15, 0.2) is 17.5 Å². The first-order valence-electron chi connectivity index (χ1n) is 11.5. The molecule has 2 atom stereocenters. The summed E-state index contributed by atoms with van der Waals surface area (Å²) in [6, 6.07) is 2.83.